The van der Waals surface area contributed by atoms with Crippen molar-refractivity contribution in [2.24, 2.45) is 0 Å². The molecule has 5 heteroatoms. The fourth-order valence-corrected chi connectivity index (χ4v) is 4.48. The van der Waals surface area contributed by atoms with Crippen molar-refractivity contribution in [3.05, 3.63) is 91.4 Å². The molecule has 3 heterocycles. The molecule has 0 unspecified atom stereocenters. The van der Waals surface area contributed by atoms with Crippen LogP contribution in [-0.2, 0) is 0 Å². The average molecular weight is 352 g/mol. The molecule has 0 amide bonds. The molecule has 27 heavy (non-hydrogen) atoms. The smallest absolute Gasteiger partial charge is 0.268 e. The van der Waals surface area contributed by atoms with E-state index in [2.05, 4.69) is 0 Å². The third-order valence-corrected chi connectivity index (χ3v) is 5.58. The molecule has 0 saturated carbocycles. The summed E-state index contributed by atoms with van der Waals surface area (Å²) in [4.78, 5) is 39.3. The molecule has 0 N–H and O–H groups in total. The van der Waals surface area contributed by atoms with E-state index in [-0.39, 0.29) is 11.1 Å². The highest BCUT2D eigenvalue weighted by Crippen LogP contribution is 2.34. The van der Waals surface area contributed by atoms with Gasteiger partial charge in [-0.15, -0.1) is 0 Å². The molecule has 0 atom stereocenters. The maximum absolute atomic E-state index is 13.2. The van der Waals surface area contributed by atoms with Gasteiger partial charge in [-0.3, -0.25) is 9.59 Å². The Kier molecular flexibility index (Phi) is 2.41. The number of aromatic nitrogens is 2. The number of nitrogens with zero attached hydrogens (tertiary/aromatic N) is 2. The van der Waals surface area contributed by atoms with Gasteiger partial charge in [0.1, 0.15) is 0 Å². The molecule has 0 spiro atoms. The molecular formula is C22H12N2O3. The van der Waals surface area contributed by atoms with Gasteiger partial charge in [-0.2, -0.15) is 0 Å². The number of hydrogen-bond acceptors (Lipinski definition) is 3. The molecule has 0 fully saturated rings. The van der Waals surface area contributed by atoms with Crippen LogP contribution in [0.15, 0.2) is 69.0 Å². The van der Waals surface area contributed by atoms with Gasteiger partial charge in [0.2, 0.25) is 0 Å². The molecule has 0 aliphatic carbocycles. The summed E-state index contributed by atoms with van der Waals surface area (Å²) in [7, 11) is 0. The standard InChI is InChI=1S/C22H12N2O3/c1-11-10-16-12-6-2-4-8-14(12)20(25)23-18(16)19-17(11)13-7-3-5-9-15(13)21(26)24(19)22(23)27/h2-10H,1H3. The van der Waals surface area contributed by atoms with Gasteiger partial charge >= 0.3 is 5.69 Å². The summed E-state index contributed by atoms with van der Waals surface area (Å²) in [5.41, 5.74) is 0.640. The number of rotatable bonds is 0. The Labute approximate surface area is 151 Å². The Balaban J connectivity index is 2.18. The van der Waals surface area contributed by atoms with E-state index in [9.17, 15) is 14.4 Å². The van der Waals surface area contributed by atoms with Crippen LogP contribution in [0.25, 0.3) is 43.4 Å². The molecule has 0 bridgehead atoms. The summed E-state index contributed by atoms with van der Waals surface area (Å²) in [5, 5.41) is 4.20. The molecule has 6 rings (SSSR count). The van der Waals surface area contributed by atoms with Gasteiger partial charge in [0.05, 0.1) is 11.0 Å². The predicted octanol–water partition coefficient (Wildman–Crippen LogP) is 2.92. The lowest BCUT2D eigenvalue weighted by molar-refractivity contribution is 0.958. The number of pyridine rings is 2. The Morgan fingerprint density at radius 1 is 0.630 bits per heavy atom. The van der Waals surface area contributed by atoms with Crippen LogP contribution in [-0.4, -0.2) is 8.80 Å². The maximum Gasteiger partial charge on any atom is 0.343 e. The Hall–Kier alpha value is -3.73. The third kappa shape index (κ3) is 1.49. The highest BCUT2D eigenvalue weighted by Gasteiger charge is 2.23. The second-order valence-corrected chi connectivity index (χ2v) is 6.97. The lowest BCUT2D eigenvalue weighted by atomic mass is 9.97. The minimum atomic E-state index is -0.600. The second-order valence-electron chi connectivity index (χ2n) is 6.97. The van der Waals surface area contributed by atoms with Gasteiger partial charge in [-0.25, -0.2) is 13.6 Å². The van der Waals surface area contributed by atoms with E-state index < -0.39 is 5.69 Å². The van der Waals surface area contributed by atoms with Gasteiger partial charge in [-0.1, -0.05) is 36.4 Å². The van der Waals surface area contributed by atoms with Crippen molar-refractivity contribution in [1.29, 1.82) is 0 Å². The van der Waals surface area contributed by atoms with Gasteiger partial charge in [-0.05, 0) is 41.5 Å². The highest BCUT2D eigenvalue weighted by atomic mass is 16.2. The van der Waals surface area contributed by atoms with Crippen LogP contribution in [0.2, 0.25) is 0 Å². The van der Waals surface area contributed by atoms with Crippen molar-refractivity contribution in [3.63, 3.8) is 0 Å². The van der Waals surface area contributed by atoms with Crippen LogP contribution in [0.1, 0.15) is 5.56 Å². The number of fused-ring (bicyclic) bond motifs is 4. The molecule has 6 aromatic rings. The first-order valence-electron chi connectivity index (χ1n) is 8.69. The van der Waals surface area contributed by atoms with E-state index >= 15 is 0 Å². The SMILES string of the molecule is Cc1cc2c3ccccc3c(=O)n3c(=O)n4c(=O)c5ccccc5c1c4c23. The Morgan fingerprint density at radius 3 is 1.81 bits per heavy atom. The zero-order valence-corrected chi connectivity index (χ0v) is 14.3. The lowest BCUT2D eigenvalue weighted by Gasteiger charge is -2.10. The van der Waals surface area contributed by atoms with E-state index in [0.717, 1.165) is 35.9 Å². The first kappa shape index (κ1) is 14.4. The topological polar surface area (TPSA) is 60.0 Å². The zero-order valence-electron chi connectivity index (χ0n) is 14.3. The number of aryl methyl sites for hydroxylation is 1. The van der Waals surface area contributed by atoms with Crippen molar-refractivity contribution < 1.29 is 0 Å². The van der Waals surface area contributed by atoms with Crippen LogP contribution >= 0.6 is 0 Å². The first-order chi connectivity index (χ1) is 13.1. The average Bonchev–Trinajstić information content (AvgIpc) is 2.99. The molecule has 3 aromatic heterocycles. The highest BCUT2D eigenvalue weighted by molar-refractivity contribution is 6.21. The summed E-state index contributed by atoms with van der Waals surface area (Å²) in [5.74, 6) is 0. The van der Waals surface area contributed by atoms with Crippen molar-refractivity contribution in [2.45, 2.75) is 6.92 Å². The fraction of sp³-hybridized carbons (Fsp3) is 0.0455. The summed E-state index contributed by atoms with van der Waals surface area (Å²) in [6, 6.07) is 16.5. The summed E-state index contributed by atoms with van der Waals surface area (Å²) in [6.07, 6.45) is 0. The fourth-order valence-electron chi connectivity index (χ4n) is 4.48. The minimum absolute atomic E-state index is 0.387. The molecule has 0 aliphatic rings. The number of benzene rings is 3. The first-order valence-corrected chi connectivity index (χ1v) is 8.69. The molecule has 0 radical (unpaired) electrons. The second kappa shape index (κ2) is 4.51. The van der Waals surface area contributed by atoms with Crippen molar-refractivity contribution in [3.8, 4) is 0 Å². The molecule has 0 saturated heterocycles. The van der Waals surface area contributed by atoms with E-state index in [0.29, 0.717) is 21.8 Å². The summed E-state index contributed by atoms with van der Waals surface area (Å²) in [6.45, 7) is 1.98. The van der Waals surface area contributed by atoms with Crippen LogP contribution in [0, 0.1) is 6.92 Å². The third-order valence-electron chi connectivity index (χ3n) is 5.58. The molecular weight excluding hydrogens is 340 g/mol. The Morgan fingerprint density at radius 2 is 1.15 bits per heavy atom. The van der Waals surface area contributed by atoms with Crippen LogP contribution < -0.4 is 16.8 Å². The molecule has 5 nitrogen and oxygen atoms in total. The van der Waals surface area contributed by atoms with Gasteiger partial charge in [0.15, 0.2) is 0 Å². The van der Waals surface area contributed by atoms with Gasteiger partial charge in [0.25, 0.3) is 11.1 Å². The van der Waals surface area contributed by atoms with E-state index in [1.807, 2.05) is 37.3 Å². The summed E-state index contributed by atoms with van der Waals surface area (Å²) >= 11 is 0. The quantitative estimate of drug-likeness (QED) is 0.395. The summed E-state index contributed by atoms with van der Waals surface area (Å²) < 4.78 is 2.31. The minimum Gasteiger partial charge on any atom is -0.268 e. The predicted molar refractivity (Wildman–Crippen MR) is 107 cm³/mol. The maximum atomic E-state index is 13.2. The number of hydrogen-bond donors (Lipinski definition) is 0. The number of imidazole rings is 1. The van der Waals surface area contributed by atoms with E-state index in [1.165, 1.54) is 0 Å². The lowest BCUT2D eigenvalue weighted by Crippen LogP contribution is -2.30. The van der Waals surface area contributed by atoms with Crippen molar-refractivity contribution in [2.75, 3.05) is 0 Å². The van der Waals surface area contributed by atoms with Crippen LogP contribution in [0.4, 0.5) is 0 Å². The molecule has 0 aliphatic heterocycles. The zero-order chi connectivity index (χ0) is 18.4. The van der Waals surface area contributed by atoms with Crippen molar-refractivity contribution >= 4 is 43.4 Å². The Bertz CT molecular complexity index is 1740. The van der Waals surface area contributed by atoms with Crippen LogP contribution in [0.3, 0.4) is 0 Å². The van der Waals surface area contributed by atoms with Crippen molar-refractivity contribution in [1.82, 2.24) is 8.80 Å². The van der Waals surface area contributed by atoms with Gasteiger partial charge < -0.3 is 0 Å². The van der Waals surface area contributed by atoms with Crippen LogP contribution in [0.5, 0.6) is 0 Å². The molecule has 3 aromatic carbocycles. The normalized spacial score (nSPS) is 12.3. The van der Waals surface area contributed by atoms with Gasteiger partial charge in [0, 0.05) is 21.5 Å². The largest absolute Gasteiger partial charge is 0.343 e. The van der Waals surface area contributed by atoms with E-state index in [4.69, 9.17) is 0 Å². The molecule has 128 valence electrons. The van der Waals surface area contributed by atoms with E-state index in [1.54, 1.807) is 24.3 Å². The monoisotopic (exact) mass is 352 g/mol.